The summed E-state index contributed by atoms with van der Waals surface area (Å²) in [7, 11) is 1.39. The maximum Gasteiger partial charge on any atom is 0.202 e. The highest BCUT2D eigenvalue weighted by Gasteiger charge is 2.10. The Hall–Kier alpha value is -2.36. The summed E-state index contributed by atoms with van der Waals surface area (Å²) in [6.45, 7) is 0. The first-order valence-electron chi connectivity index (χ1n) is 5.97. The van der Waals surface area contributed by atoms with Crippen molar-refractivity contribution in [2.24, 2.45) is 0 Å². The van der Waals surface area contributed by atoms with Crippen LogP contribution < -0.4 is 4.74 Å². The van der Waals surface area contributed by atoms with Crippen molar-refractivity contribution in [2.75, 3.05) is 7.11 Å². The standard InChI is InChI=1S/C15H16O4/c1-19-15-13(17)8-11(9-14(15)18)6-5-10-3-2-4-12(16)7-10/h2-4,7-9,16-18H,5-6H2,1H3. The maximum atomic E-state index is 9.69. The molecular weight excluding hydrogens is 244 g/mol. The van der Waals surface area contributed by atoms with E-state index in [1.165, 1.54) is 7.11 Å². The van der Waals surface area contributed by atoms with E-state index in [1.807, 2.05) is 6.07 Å². The third-order valence-electron chi connectivity index (χ3n) is 2.93. The van der Waals surface area contributed by atoms with Crippen molar-refractivity contribution in [2.45, 2.75) is 12.8 Å². The molecule has 0 fully saturated rings. The molecule has 100 valence electrons. The fourth-order valence-electron chi connectivity index (χ4n) is 2.01. The molecule has 0 aliphatic rings. The van der Waals surface area contributed by atoms with Crippen LogP contribution in [0.25, 0.3) is 0 Å². The van der Waals surface area contributed by atoms with E-state index >= 15 is 0 Å². The second-order valence-electron chi connectivity index (χ2n) is 4.34. The Labute approximate surface area is 111 Å². The second kappa shape index (κ2) is 5.52. The highest BCUT2D eigenvalue weighted by Crippen LogP contribution is 2.36. The molecule has 4 heteroatoms. The van der Waals surface area contributed by atoms with Crippen LogP contribution in [0.3, 0.4) is 0 Å². The average molecular weight is 260 g/mol. The first-order chi connectivity index (χ1) is 9.10. The van der Waals surface area contributed by atoms with Crippen molar-refractivity contribution in [1.29, 1.82) is 0 Å². The number of aryl methyl sites for hydroxylation is 2. The summed E-state index contributed by atoms with van der Waals surface area (Å²) in [5.41, 5.74) is 1.80. The molecule has 0 saturated heterocycles. The zero-order valence-corrected chi connectivity index (χ0v) is 10.6. The van der Waals surface area contributed by atoms with Gasteiger partial charge in [0.1, 0.15) is 5.75 Å². The molecule has 0 unspecified atom stereocenters. The van der Waals surface area contributed by atoms with Crippen LogP contribution in [0, 0.1) is 0 Å². The first-order valence-corrected chi connectivity index (χ1v) is 5.97. The van der Waals surface area contributed by atoms with Gasteiger partial charge in [-0.05, 0) is 48.2 Å². The highest BCUT2D eigenvalue weighted by atomic mass is 16.5. The Morgan fingerprint density at radius 3 is 2.11 bits per heavy atom. The zero-order valence-electron chi connectivity index (χ0n) is 10.6. The maximum absolute atomic E-state index is 9.69. The summed E-state index contributed by atoms with van der Waals surface area (Å²) in [4.78, 5) is 0. The molecular formula is C15H16O4. The molecule has 0 heterocycles. The van der Waals surface area contributed by atoms with Gasteiger partial charge in [0, 0.05) is 0 Å². The minimum atomic E-state index is -0.0755. The fraction of sp³-hybridized carbons (Fsp3) is 0.200. The van der Waals surface area contributed by atoms with Gasteiger partial charge in [-0.2, -0.15) is 0 Å². The molecule has 0 aliphatic carbocycles. The Morgan fingerprint density at radius 2 is 1.53 bits per heavy atom. The molecule has 0 spiro atoms. The lowest BCUT2D eigenvalue weighted by Gasteiger charge is -2.09. The van der Waals surface area contributed by atoms with Crippen LogP contribution >= 0.6 is 0 Å². The monoisotopic (exact) mass is 260 g/mol. The van der Waals surface area contributed by atoms with Crippen molar-refractivity contribution >= 4 is 0 Å². The van der Waals surface area contributed by atoms with E-state index in [2.05, 4.69) is 0 Å². The summed E-state index contributed by atoms with van der Waals surface area (Å²) in [6.07, 6.45) is 1.36. The van der Waals surface area contributed by atoms with Crippen LogP contribution in [0.2, 0.25) is 0 Å². The molecule has 0 aromatic heterocycles. The number of ether oxygens (including phenoxy) is 1. The number of rotatable bonds is 4. The Bertz CT molecular complexity index is 555. The van der Waals surface area contributed by atoms with Crippen molar-refractivity contribution < 1.29 is 20.1 Å². The molecule has 19 heavy (non-hydrogen) atoms. The van der Waals surface area contributed by atoms with Gasteiger partial charge in [0.25, 0.3) is 0 Å². The molecule has 2 aromatic rings. The summed E-state index contributed by atoms with van der Waals surface area (Å²) in [6, 6.07) is 10.2. The number of hydrogen-bond acceptors (Lipinski definition) is 4. The van der Waals surface area contributed by atoms with E-state index < -0.39 is 0 Å². The van der Waals surface area contributed by atoms with Gasteiger partial charge in [-0.25, -0.2) is 0 Å². The number of phenols is 3. The van der Waals surface area contributed by atoms with Crippen LogP contribution in [0.5, 0.6) is 23.0 Å². The van der Waals surface area contributed by atoms with E-state index in [9.17, 15) is 15.3 Å². The van der Waals surface area contributed by atoms with Crippen molar-refractivity contribution in [3.63, 3.8) is 0 Å². The van der Waals surface area contributed by atoms with Gasteiger partial charge >= 0.3 is 0 Å². The van der Waals surface area contributed by atoms with Crippen LogP contribution in [-0.2, 0) is 12.8 Å². The minimum absolute atomic E-state index is 0.0755. The van der Waals surface area contributed by atoms with Gasteiger partial charge in [-0.3, -0.25) is 0 Å². The number of benzene rings is 2. The first kappa shape index (κ1) is 13.1. The van der Waals surface area contributed by atoms with Crippen LogP contribution in [-0.4, -0.2) is 22.4 Å². The average Bonchev–Trinajstić information content (AvgIpc) is 2.36. The highest BCUT2D eigenvalue weighted by molar-refractivity contribution is 5.52. The van der Waals surface area contributed by atoms with E-state index in [4.69, 9.17) is 4.74 Å². The van der Waals surface area contributed by atoms with Gasteiger partial charge in [0.2, 0.25) is 5.75 Å². The third kappa shape index (κ3) is 3.10. The topological polar surface area (TPSA) is 69.9 Å². The second-order valence-corrected chi connectivity index (χ2v) is 4.34. The molecule has 3 N–H and O–H groups in total. The predicted octanol–water partition coefficient (Wildman–Crippen LogP) is 2.60. The van der Waals surface area contributed by atoms with Gasteiger partial charge in [0.15, 0.2) is 11.5 Å². The zero-order chi connectivity index (χ0) is 13.8. The molecule has 4 nitrogen and oxygen atoms in total. The summed E-state index contributed by atoms with van der Waals surface area (Å²) < 4.78 is 4.88. The molecule has 2 aromatic carbocycles. The lowest BCUT2D eigenvalue weighted by Crippen LogP contribution is -1.93. The normalized spacial score (nSPS) is 10.4. The summed E-state index contributed by atoms with van der Waals surface area (Å²) >= 11 is 0. The summed E-state index contributed by atoms with van der Waals surface area (Å²) in [5.74, 6) is 0.167. The van der Waals surface area contributed by atoms with Crippen molar-refractivity contribution in [3.8, 4) is 23.0 Å². The van der Waals surface area contributed by atoms with Crippen LogP contribution in [0.15, 0.2) is 36.4 Å². The molecule has 0 atom stereocenters. The third-order valence-corrected chi connectivity index (χ3v) is 2.93. The van der Waals surface area contributed by atoms with Crippen LogP contribution in [0.1, 0.15) is 11.1 Å². The van der Waals surface area contributed by atoms with E-state index in [-0.39, 0.29) is 23.0 Å². The smallest absolute Gasteiger partial charge is 0.202 e. The van der Waals surface area contributed by atoms with Gasteiger partial charge in [0.05, 0.1) is 7.11 Å². The molecule has 0 radical (unpaired) electrons. The largest absolute Gasteiger partial charge is 0.508 e. The fourth-order valence-corrected chi connectivity index (χ4v) is 2.01. The molecule has 0 bridgehead atoms. The Morgan fingerprint density at radius 1 is 0.895 bits per heavy atom. The van der Waals surface area contributed by atoms with Crippen molar-refractivity contribution in [1.82, 2.24) is 0 Å². The van der Waals surface area contributed by atoms with E-state index in [0.29, 0.717) is 12.8 Å². The Balaban J connectivity index is 2.12. The number of methoxy groups -OCH3 is 1. The lowest BCUT2D eigenvalue weighted by molar-refractivity contribution is 0.344. The molecule has 2 rings (SSSR count). The SMILES string of the molecule is COc1c(O)cc(CCc2cccc(O)c2)cc1O. The molecule has 0 saturated carbocycles. The van der Waals surface area contributed by atoms with Gasteiger partial charge < -0.3 is 20.1 Å². The lowest BCUT2D eigenvalue weighted by atomic mass is 10.0. The predicted molar refractivity (Wildman–Crippen MR) is 71.8 cm³/mol. The number of hydrogen-bond donors (Lipinski definition) is 3. The molecule has 0 amide bonds. The van der Waals surface area contributed by atoms with E-state index in [1.54, 1.807) is 30.3 Å². The summed E-state index contributed by atoms with van der Waals surface area (Å²) in [5, 5.41) is 28.7. The molecule has 0 aliphatic heterocycles. The Kier molecular flexibility index (Phi) is 3.80. The number of phenolic OH excluding ortho intramolecular Hbond substituents is 3. The van der Waals surface area contributed by atoms with Gasteiger partial charge in [-0.1, -0.05) is 12.1 Å². The van der Waals surface area contributed by atoms with Crippen LogP contribution in [0.4, 0.5) is 0 Å². The van der Waals surface area contributed by atoms with E-state index in [0.717, 1.165) is 11.1 Å². The quantitative estimate of drug-likeness (QED) is 0.790. The van der Waals surface area contributed by atoms with Gasteiger partial charge in [-0.15, -0.1) is 0 Å². The van der Waals surface area contributed by atoms with Crippen molar-refractivity contribution in [3.05, 3.63) is 47.5 Å². The minimum Gasteiger partial charge on any atom is -0.508 e. The number of aromatic hydroxyl groups is 3.